The Morgan fingerprint density at radius 3 is 2.86 bits per heavy atom. The molecule has 0 aromatic carbocycles. The van der Waals surface area contributed by atoms with Crippen LogP contribution in [0.5, 0.6) is 0 Å². The Labute approximate surface area is 129 Å². The minimum absolute atomic E-state index is 0.0357. The van der Waals surface area contributed by atoms with Crippen molar-refractivity contribution in [2.45, 2.75) is 30.6 Å². The zero-order valence-electron chi connectivity index (χ0n) is 12.5. The fraction of sp³-hybridized carbons (Fsp3) is 0.571. The number of hydrogen-bond acceptors (Lipinski definition) is 5. The molecule has 0 amide bonds. The van der Waals surface area contributed by atoms with Gasteiger partial charge in [0.05, 0.1) is 11.4 Å². The summed E-state index contributed by atoms with van der Waals surface area (Å²) in [5, 5.41) is 3.99. The van der Waals surface area contributed by atoms with Crippen LogP contribution in [0.4, 0.5) is 5.82 Å². The van der Waals surface area contributed by atoms with Gasteiger partial charge in [-0.05, 0) is 25.3 Å². The van der Waals surface area contributed by atoms with E-state index in [4.69, 9.17) is 0 Å². The molecule has 4 rings (SSSR count). The van der Waals surface area contributed by atoms with Crippen molar-refractivity contribution in [3.63, 3.8) is 0 Å². The topological polar surface area (TPSA) is 70.8 Å². The Bertz CT molecular complexity index is 798. The summed E-state index contributed by atoms with van der Waals surface area (Å²) >= 11 is 0. The monoisotopic (exact) mass is 321 g/mol. The smallest absolute Gasteiger partial charge is 0.217 e. The van der Waals surface area contributed by atoms with Crippen LogP contribution in [-0.2, 0) is 10.0 Å². The van der Waals surface area contributed by atoms with E-state index in [1.54, 1.807) is 22.1 Å². The number of anilines is 1. The quantitative estimate of drug-likeness (QED) is 0.830. The number of sulfonamides is 1. The highest BCUT2D eigenvalue weighted by Gasteiger charge is 2.42. The Kier molecular flexibility index (Phi) is 3.12. The Balaban J connectivity index is 1.52. The number of likely N-dealkylation sites (N-methyl/N-ethyl adjacent to an activating group) is 1. The molecule has 2 aromatic heterocycles. The standard InChI is InChI=1S/C14H19N5O2S/c1-17(22(20,21)12-2-3-12)11-5-8-18(10-11)13-6-9-19-14(16-13)4-7-15-19/h4,6-7,9,11-12H,2-3,5,8,10H2,1H3. The van der Waals surface area contributed by atoms with Crippen LogP contribution < -0.4 is 4.90 Å². The van der Waals surface area contributed by atoms with Crippen molar-refractivity contribution < 1.29 is 8.42 Å². The molecule has 0 spiro atoms. The summed E-state index contributed by atoms with van der Waals surface area (Å²) in [6.07, 6.45) is 6.06. The molecule has 1 atom stereocenters. The Morgan fingerprint density at radius 1 is 1.27 bits per heavy atom. The van der Waals surface area contributed by atoms with Gasteiger partial charge >= 0.3 is 0 Å². The highest BCUT2D eigenvalue weighted by molar-refractivity contribution is 7.90. The maximum Gasteiger partial charge on any atom is 0.217 e. The third kappa shape index (κ3) is 2.26. The van der Waals surface area contributed by atoms with Gasteiger partial charge in [0.25, 0.3) is 0 Å². The first-order chi connectivity index (χ1) is 10.6. The van der Waals surface area contributed by atoms with Gasteiger partial charge in [0, 0.05) is 38.4 Å². The summed E-state index contributed by atoms with van der Waals surface area (Å²) in [6, 6.07) is 3.83. The van der Waals surface area contributed by atoms with E-state index >= 15 is 0 Å². The van der Waals surface area contributed by atoms with Gasteiger partial charge in [-0.15, -0.1) is 0 Å². The fourth-order valence-electron chi connectivity index (χ4n) is 3.03. The normalized spacial score (nSPS) is 22.8. The highest BCUT2D eigenvalue weighted by Crippen LogP contribution is 2.33. The largest absolute Gasteiger partial charge is 0.355 e. The fourth-order valence-corrected chi connectivity index (χ4v) is 4.82. The molecule has 22 heavy (non-hydrogen) atoms. The lowest BCUT2D eigenvalue weighted by Crippen LogP contribution is -2.40. The first-order valence-electron chi connectivity index (χ1n) is 7.58. The van der Waals surface area contributed by atoms with E-state index in [0.717, 1.165) is 37.3 Å². The van der Waals surface area contributed by atoms with Crippen molar-refractivity contribution in [2.24, 2.45) is 0 Å². The van der Waals surface area contributed by atoms with Crippen LogP contribution in [0, 0.1) is 0 Å². The van der Waals surface area contributed by atoms with Gasteiger partial charge in [0.2, 0.25) is 10.0 Å². The van der Waals surface area contributed by atoms with Gasteiger partial charge in [-0.3, -0.25) is 0 Å². The van der Waals surface area contributed by atoms with E-state index < -0.39 is 10.0 Å². The summed E-state index contributed by atoms with van der Waals surface area (Å²) in [5.41, 5.74) is 0.805. The molecule has 2 fully saturated rings. The lowest BCUT2D eigenvalue weighted by Gasteiger charge is -2.24. The van der Waals surface area contributed by atoms with E-state index in [-0.39, 0.29) is 11.3 Å². The first-order valence-corrected chi connectivity index (χ1v) is 9.08. The minimum atomic E-state index is -3.11. The molecule has 1 saturated carbocycles. The summed E-state index contributed by atoms with van der Waals surface area (Å²) in [7, 11) is -1.39. The molecule has 1 aliphatic heterocycles. The van der Waals surface area contributed by atoms with Crippen molar-refractivity contribution in [3.8, 4) is 0 Å². The van der Waals surface area contributed by atoms with Crippen LogP contribution in [0.3, 0.4) is 0 Å². The van der Waals surface area contributed by atoms with Gasteiger partial charge in [-0.1, -0.05) is 0 Å². The molecule has 118 valence electrons. The molecule has 3 heterocycles. The van der Waals surface area contributed by atoms with Crippen molar-refractivity contribution in [1.29, 1.82) is 0 Å². The zero-order valence-corrected chi connectivity index (χ0v) is 13.3. The molecular weight excluding hydrogens is 302 g/mol. The molecule has 7 nitrogen and oxygen atoms in total. The van der Waals surface area contributed by atoms with Gasteiger partial charge in [0.15, 0.2) is 5.65 Å². The molecule has 1 unspecified atom stereocenters. The predicted molar refractivity (Wildman–Crippen MR) is 83.3 cm³/mol. The zero-order chi connectivity index (χ0) is 15.3. The predicted octanol–water partition coefficient (Wildman–Crippen LogP) is 0.732. The molecule has 2 aromatic rings. The third-order valence-corrected chi connectivity index (χ3v) is 7.01. The summed E-state index contributed by atoms with van der Waals surface area (Å²) in [6.45, 7) is 1.52. The number of rotatable bonds is 4. The van der Waals surface area contributed by atoms with Crippen LogP contribution in [0.2, 0.25) is 0 Å². The summed E-state index contributed by atoms with van der Waals surface area (Å²) in [4.78, 5) is 6.73. The van der Waals surface area contributed by atoms with E-state index in [2.05, 4.69) is 15.0 Å². The second-order valence-corrected chi connectivity index (χ2v) is 8.34. The summed E-state index contributed by atoms with van der Waals surface area (Å²) < 4.78 is 28.0. The second kappa shape index (κ2) is 4.92. The molecule has 0 N–H and O–H groups in total. The van der Waals surface area contributed by atoms with Crippen molar-refractivity contribution in [1.82, 2.24) is 18.9 Å². The average molecular weight is 321 g/mol. The minimum Gasteiger partial charge on any atom is -0.355 e. The third-order valence-electron chi connectivity index (χ3n) is 4.59. The molecule has 1 aliphatic carbocycles. The van der Waals surface area contributed by atoms with Gasteiger partial charge < -0.3 is 4.90 Å². The number of fused-ring (bicyclic) bond motifs is 1. The van der Waals surface area contributed by atoms with Crippen LogP contribution in [-0.4, -0.2) is 58.8 Å². The first kappa shape index (κ1) is 14.0. The van der Waals surface area contributed by atoms with E-state index in [0.29, 0.717) is 6.54 Å². The van der Waals surface area contributed by atoms with Crippen LogP contribution in [0.15, 0.2) is 24.5 Å². The SMILES string of the molecule is CN(C1CCN(c2ccn3nccc3n2)C1)S(=O)(=O)C1CC1. The molecule has 8 heteroatoms. The van der Waals surface area contributed by atoms with E-state index in [1.807, 2.05) is 18.3 Å². The maximum absolute atomic E-state index is 12.3. The number of hydrogen-bond donors (Lipinski definition) is 0. The van der Waals surface area contributed by atoms with Gasteiger partial charge in [0.1, 0.15) is 5.82 Å². The molecule has 2 aliphatic rings. The lowest BCUT2D eigenvalue weighted by atomic mass is 10.3. The lowest BCUT2D eigenvalue weighted by molar-refractivity contribution is 0.389. The summed E-state index contributed by atoms with van der Waals surface area (Å²) in [5.74, 6) is 0.882. The highest BCUT2D eigenvalue weighted by atomic mass is 32.2. The van der Waals surface area contributed by atoms with E-state index in [9.17, 15) is 8.42 Å². The maximum atomic E-state index is 12.3. The number of nitrogens with zero attached hydrogens (tertiary/aromatic N) is 5. The van der Waals surface area contributed by atoms with Crippen LogP contribution in [0.25, 0.3) is 5.65 Å². The van der Waals surface area contributed by atoms with Gasteiger partial charge in [-0.2, -0.15) is 9.40 Å². The molecule has 0 bridgehead atoms. The van der Waals surface area contributed by atoms with Crippen molar-refractivity contribution >= 4 is 21.5 Å². The molecular formula is C14H19N5O2S. The van der Waals surface area contributed by atoms with Crippen LogP contribution in [0.1, 0.15) is 19.3 Å². The Hall–Kier alpha value is -1.67. The number of aromatic nitrogens is 3. The second-order valence-electron chi connectivity index (χ2n) is 6.07. The van der Waals surface area contributed by atoms with E-state index in [1.165, 1.54) is 0 Å². The Morgan fingerprint density at radius 2 is 2.09 bits per heavy atom. The molecule has 0 radical (unpaired) electrons. The van der Waals surface area contributed by atoms with Gasteiger partial charge in [-0.25, -0.2) is 17.9 Å². The average Bonchev–Trinajstić information content (AvgIpc) is 3.10. The molecule has 1 saturated heterocycles. The van der Waals surface area contributed by atoms with Crippen molar-refractivity contribution in [2.75, 3.05) is 25.0 Å². The van der Waals surface area contributed by atoms with Crippen molar-refractivity contribution in [3.05, 3.63) is 24.5 Å². The van der Waals surface area contributed by atoms with Crippen LogP contribution >= 0.6 is 0 Å².